The zero-order chi connectivity index (χ0) is 19.5. The van der Waals surface area contributed by atoms with Crippen LogP contribution < -0.4 is 4.74 Å². The number of rotatable bonds is 6. The predicted octanol–water partition coefficient (Wildman–Crippen LogP) is 5.06. The summed E-state index contributed by atoms with van der Waals surface area (Å²) in [6.45, 7) is 7.70. The molecule has 0 fully saturated rings. The highest BCUT2D eigenvalue weighted by atomic mass is 31.2. The number of benzene rings is 1. The maximum Gasteiger partial charge on any atom is 0.360 e. The molecule has 146 valence electrons. The van der Waals surface area contributed by atoms with E-state index < -0.39 is 13.9 Å². The molecule has 0 N–H and O–H groups in total. The summed E-state index contributed by atoms with van der Waals surface area (Å²) < 4.78 is 40.9. The minimum atomic E-state index is -3.46. The van der Waals surface area contributed by atoms with Gasteiger partial charge in [0.05, 0.1) is 18.0 Å². The fraction of sp³-hybridized carbons (Fsp3) is 0.579. The average molecular weight is 384 g/mol. The number of allylic oxidation sites excluding steroid dienone is 2. The summed E-state index contributed by atoms with van der Waals surface area (Å²) >= 11 is 0. The van der Waals surface area contributed by atoms with Gasteiger partial charge in [0.25, 0.3) is 0 Å². The van der Waals surface area contributed by atoms with Crippen molar-refractivity contribution in [1.29, 1.82) is 0 Å². The molecule has 2 rings (SSSR count). The number of methoxy groups -OCH3 is 1. The standard InChI is InChI=1S/C19H29O6P/c1-13-18(26(20,22-6)23-7)16(12-17(24-13)25-19(2,3)4)14-8-10-15(21-5)11-9-14/h8-11,16-17H,12H2,1-7H3. The van der Waals surface area contributed by atoms with Gasteiger partial charge >= 0.3 is 7.60 Å². The van der Waals surface area contributed by atoms with Crippen LogP contribution in [0.1, 0.15) is 45.6 Å². The smallest absolute Gasteiger partial charge is 0.360 e. The largest absolute Gasteiger partial charge is 0.497 e. The number of ether oxygens (including phenoxy) is 3. The number of hydrogen-bond donors (Lipinski definition) is 0. The molecule has 0 saturated carbocycles. The lowest BCUT2D eigenvalue weighted by Gasteiger charge is -2.37. The Kier molecular flexibility index (Phi) is 6.56. The highest BCUT2D eigenvalue weighted by molar-refractivity contribution is 7.58. The van der Waals surface area contributed by atoms with Crippen LogP contribution in [0, 0.1) is 0 Å². The lowest BCUT2D eigenvalue weighted by atomic mass is 9.92. The van der Waals surface area contributed by atoms with E-state index in [2.05, 4.69) is 0 Å². The van der Waals surface area contributed by atoms with E-state index in [-0.39, 0.29) is 11.5 Å². The molecule has 2 atom stereocenters. The second-order valence-corrected chi connectivity index (χ2v) is 9.35. The van der Waals surface area contributed by atoms with Gasteiger partial charge in [-0.2, -0.15) is 0 Å². The Morgan fingerprint density at radius 2 is 1.65 bits per heavy atom. The summed E-state index contributed by atoms with van der Waals surface area (Å²) in [7, 11) is 0.923. The van der Waals surface area contributed by atoms with E-state index in [9.17, 15) is 4.57 Å². The van der Waals surface area contributed by atoms with Crippen LogP contribution in [0.3, 0.4) is 0 Å². The first-order valence-electron chi connectivity index (χ1n) is 8.55. The Hall–Kier alpha value is -1.33. The summed E-state index contributed by atoms with van der Waals surface area (Å²) in [4.78, 5) is 0. The molecule has 1 heterocycles. The third kappa shape index (κ3) is 4.68. The molecule has 0 radical (unpaired) electrons. The molecule has 0 aliphatic carbocycles. The number of hydrogen-bond acceptors (Lipinski definition) is 6. The molecule has 0 spiro atoms. The van der Waals surface area contributed by atoms with E-state index in [1.165, 1.54) is 14.2 Å². The molecule has 0 bridgehead atoms. The molecular formula is C19H29O6P. The summed E-state index contributed by atoms with van der Waals surface area (Å²) in [5.41, 5.74) is 0.610. The lowest BCUT2D eigenvalue weighted by Crippen LogP contribution is -2.33. The van der Waals surface area contributed by atoms with Crippen molar-refractivity contribution in [3.63, 3.8) is 0 Å². The summed E-state index contributed by atoms with van der Waals surface area (Å²) in [5.74, 6) is 1.05. The highest BCUT2D eigenvalue weighted by Crippen LogP contribution is 2.63. The van der Waals surface area contributed by atoms with Crippen molar-refractivity contribution in [2.24, 2.45) is 0 Å². The second kappa shape index (κ2) is 8.13. The highest BCUT2D eigenvalue weighted by Gasteiger charge is 2.43. The van der Waals surface area contributed by atoms with Gasteiger partial charge in [0.1, 0.15) is 11.5 Å². The first kappa shape index (κ1) is 21.0. The molecule has 6 nitrogen and oxygen atoms in total. The quantitative estimate of drug-likeness (QED) is 0.639. The Morgan fingerprint density at radius 3 is 2.12 bits per heavy atom. The minimum absolute atomic E-state index is 0.215. The summed E-state index contributed by atoms with van der Waals surface area (Å²) in [5, 5.41) is 0.529. The SMILES string of the molecule is COc1ccc(C2CC(OC(C)(C)C)OC(C)=C2P(=O)(OC)OC)cc1. The predicted molar refractivity (Wildman–Crippen MR) is 100 cm³/mol. The molecule has 1 aliphatic heterocycles. The Morgan fingerprint density at radius 1 is 1.08 bits per heavy atom. The van der Waals surface area contributed by atoms with Crippen LogP contribution in [0.5, 0.6) is 5.75 Å². The molecule has 1 aromatic rings. The molecule has 0 aromatic heterocycles. The third-order valence-electron chi connectivity index (χ3n) is 4.21. The maximum atomic E-state index is 13.2. The van der Waals surface area contributed by atoms with E-state index in [1.54, 1.807) is 14.0 Å². The van der Waals surface area contributed by atoms with Crippen molar-refractivity contribution >= 4 is 7.60 Å². The van der Waals surface area contributed by atoms with Crippen molar-refractivity contribution < 1.29 is 27.8 Å². The Balaban J connectivity index is 2.49. The van der Waals surface area contributed by atoms with E-state index in [4.69, 9.17) is 23.3 Å². The van der Waals surface area contributed by atoms with Crippen LogP contribution in [0.15, 0.2) is 35.3 Å². The van der Waals surface area contributed by atoms with Crippen molar-refractivity contribution in [1.82, 2.24) is 0 Å². The zero-order valence-electron chi connectivity index (χ0n) is 16.6. The van der Waals surface area contributed by atoms with E-state index in [1.807, 2.05) is 45.0 Å². The average Bonchev–Trinajstić information content (AvgIpc) is 2.59. The molecule has 0 amide bonds. The molecule has 1 aromatic carbocycles. The van der Waals surface area contributed by atoms with E-state index >= 15 is 0 Å². The summed E-state index contributed by atoms with van der Waals surface area (Å²) in [6.07, 6.45) is 0.0560. The van der Waals surface area contributed by atoms with E-state index in [0.717, 1.165) is 11.3 Å². The molecule has 1 aliphatic rings. The van der Waals surface area contributed by atoms with Crippen LogP contribution >= 0.6 is 7.60 Å². The third-order valence-corrected chi connectivity index (χ3v) is 6.38. The van der Waals surface area contributed by atoms with Gasteiger partial charge in [0.15, 0.2) is 0 Å². The topological polar surface area (TPSA) is 63.2 Å². The van der Waals surface area contributed by atoms with Crippen LogP contribution in [0.25, 0.3) is 0 Å². The molecule has 2 unspecified atom stereocenters. The van der Waals surface area contributed by atoms with Crippen LogP contribution in [0.4, 0.5) is 0 Å². The van der Waals surface area contributed by atoms with Gasteiger partial charge in [-0.3, -0.25) is 4.57 Å². The molecular weight excluding hydrogens is 355 g/mol. The summed E-state index contributed by atoms with van der Waals surface area (Å²) in [6, 6.07) is 7.65. The normalized spacial score (nSPS) is 21.5. The van der Waals surface area contributed by atoms with Gasteiger partial charge in [0.2, 0.25) is 6.29 Å². The van der Waals surface area contributed by atoms with Gasteiger partial charge in [-0.15, -0.1) is 0 Å². The van der Waals surface area contributed by atoms with Gasteiger partial charge in [-0.25, -0.2) is 0 Å². The van der Waals surface area contributed by atoms with Crippen LogP contribution in [-0.4, -0.2) is 33.2 Å². The van der Waals surface area contributed by atoms with Gasteiger partial charge < -0.3 is 23.3 Å². The van der Waals surface area contributed by atoms with Gasteiger partial charge in [-0.1, -0.05) is 12.1 Å². The molecule has 0 saturated heterocycles. The second-order valence-electron chi connectivity index (χ2n) is 7.14. The maximum absolute atomic E-state index is 13.2. The van der Waals surface area contributed by atoms with E-state index in [0.29, 0.717) is 17.5 Å². The molecule has 26 heavy (non-hydrogen) atoms. The van der Waals surface area contributed by atoms with Crippen molar-refractivity contribution in [3.05, 3.63) is 40.9 Å². The van der Waals surface area contributed by atoms with Crippen molar-refractivity contribution in [3.8, 4) is 5.75 Å². The van der Waals surface area contributed by atoms with Crippen molar-refractivity contribution in [2.75, 3.05) is 21.3 Å². The monoisotopic (exact) mass is 384 g/mol. The van der Waals surface area contributed by atoms with Gasteiger partial charge in [-0.05, 0) is 45.4 Å². The van der Waals surface area contributed by atoms with Gasteiger partial charge in [0, 0.05) is 26.6 Å². The van der Waals surface area contributed by atoms with Crippen LogP contribution in [0.2, 0.25) is 0 Å². The lowest BCUT2D eigenvalue weighted by molar-refractivity contribution is -0.185. The van der Waals surface area contributed by atoms with Crippen LogP contribution in [-0.2, 0) is 23.1 Å². The molecule has 7 heteroatoms. The first-order valence-corrected chi connectivity index (χ1v) is 10.1. The fourth-order valence-corrected chi connectivity index (χ4v) is 4.72. The fourth-order valence-electron chi connectivity index (χ4n) is 3.11. The van der Waals surface area contributed by atoms with Crippen molar-refractivity contribution in [2.45, 2.75) is 51.9 Å². The Bertz CT molecular complexity index is 681. The minimum Gasteiger partial charge on any atom is -0.497 e. The first-order chi connectivity index (χ1) is 12.1. The Labute approximate surface area is 156 Å². The zero-order valence-corrected chi connectivity index (χ0v) is 17.5.